The largest absolute Gasteiger partial charge is 0.373 e. The van der Waals surface area contributed by atoms with Crippen LogP contribution in [0.25, 0.3) is 0 Å². The summed E-state index contributed by atoms with van der Waals surface area (Å²) >= 11 is 0. The van der Waals surface area contributed by atoms with Crippen molar-refractivity contribution in [3.05, 3.63) is 35.4 Å². The Morgan fingerprint density at radius 3 is 2.64 bits per heavy atom. The number of carbonyl (C=O) groups excluding carboxylic acids is 1. The summed E-state index contributed by atoms with van der Waals surface area (Å²) in [4.78, 5) is 12.2. The second kappa shape index (κ2) is 6.77. The first-order chi connectivity index (χ1) is 13.1. The molecule has 6 atom stereocenters. The Kier molecular flexibility index (Phi) is 4.78. The van der Waals surface area contributed by atoms with Gasteiger partial charge in [0, 0.05) is 42.7 Å². The van der Waals surface area contributed by atoms with Crippen LogP contribution in [-0.4, -0.2) is 29.6 Å². The Balaban J connectivity index is 1.80. The Labute approximate surface area is 165 Å². The van der Waals surface area contributed by atoms with Gasteiger partial charge >= 0.3 is 0 Å². The quantitative estimate of drug-likeness (QED) is 0.807. The summed E-state index contributed by atoms with van der Waals surface area (Å²) in [5.41, 5.74) is -0.101. The van der Waals surface area contributed by atoms with Gasteiger partial charge in [-0.15, -0.1) is 0 Å². The zero-order valence-electron chi connectivity index (χ0n) is 17.0. The maximum atomic E-state index is 14.7. The second-order valence-electron chi connectivity index (χ2n) is 9.46. The fourth-order valence-electron chi connectivity index (χ4n) is 6.30. The lowest BCUT2D eigenvalue weighted by Crippen LogP contribution is -2.73. The molecule has 1 amide bonds. The number of amides is 1. The van der Waals surface area contributed by atoms with Crippen LogP contribution in [0.15, 0.2) is 18.2 Å². The van der Waals surface area contributed by atoms with Gasteiger partial charge in [0.05, 0.1) is 11.6 Å². The van der Waals surface area contributed by atoms with Crippen molar-refractivity contribution in [2.24, 2.45) is 17.8 Å². The van der Waals surface area contributed by atoms with Gasteiger partial charge in [-0.05, 0) is 57.9 Å². The lowest BCUT2D eigenvalue weighted by atomic mass is 9.52. The molecule has 154 valence electrons. The number of ether oxygens (including phenoxy) is 1. The minimum atomic E-state index is -0.593. The first kappa shape index (κ1) is 19.8. The molecule has 0 aromatic heterocycles. The molecule has 2 saturated heterocycles. The number of halogens is 2. The number of piperidine rings is 1. The lowest BCUT2D eigenvalue weighted by molar-refractivity contribution is -0.161. The summed E-state index contributed by atoms with van der Waals surface area (Å²) in [6, 6.07) is 3.92. The average molecular weight is 392 g/mol. The molecule has 0 spiro atoms. The first-order valence-electron chi connectivity index (χ1n) is 10.3. The van der Waals surface area contributed by atoms with Crippen molar-refractivity contribution in [1.82, 2.24) is 10.6 Å². The van der Waals surface area contributed by atoms with Crippen molar-refractivity contribution in [3.8, 4) is 0 Å². The van der Waals surface area contributed by atoms with E-state index in [0.717, 1.165) is 18.9 Å². The van der Waals surface area contributed by atoms with Crippen LogP contribution in [0.1, 0.15) is 58.6 Å². The summed E-state index contributed by atoms with van der Waals surface area (Å²) in [5, 5.41) is 7.03. The van der Waals surface area contributed by atoms with Crippen LogP contribution >= 0.6 is 0 Å². The predicted molar refractivity (Wildman–Crippen MR) is 103 cm³/mol. The second-order valence-corrected chi connectivity index (χ2v) is 9.46. The molecule has 1 aliphatic carbocycles. The molecule has 1 aromatic rings. The summed E-state index contributed by atoms with van der Waals surface area (Å²) in [6.45, 7) is 8.60. The summed E-state index contributed by atoms with van der Waals surface area (Å²) in [5.74, 6) is -0.663. The van der Waals surface area contributed by atoms with E-state index < -0.39 is 23.3 Å². The molecule has 2 heterocycles. The van der Waals surface area contributed by atoms with E-state index in [1.165, 1.54) is 12.1 Å². The molecule has 2 unspecified atom stereocenters. The van der Waals surface area contributed by atoms with Gasteiger partial charge in [-0.25, -0.2) is 8.78 Å². The monoisotopic (exact) mass is 392 g/mol. The topological polar surface area (TPSA) is 50.4 Å². The van der Waals surface area contributed by atoms with E-state index in [9.17, 15) is 13.6 Å². The minimum absolute atomic E-state index is 0.0400. The van der Waals surface area contributed by atoms with Crippen LogP contribution in [0, 0.1) is 29.4 Å². The van der Waals surface area contributed by atoms with Gasteiger partial charge in [-0.2, -0.15) is 0 Å². The molecule has 28 heavy (non-hydrogen) atoms. The maximum Gasteiger partial charge on any atom is 0.217 e. The third-order valence-corrected chi connectivity index (χ3v) is 7.48. The Hall–Kier alpha value is -1.53. The number of nitrogens with one attached hydrogen (secondary N) is 2. The van der Waals surface area contributed by atoms with Crippen LogP contribution < -0.4 is 10.6 Å². The molecule has 3 fully saturated rings. The van der Waals surface area contributed by atoms with Gasteiger partial charge in [-0.3, -0.25) is 4.79 Å². The van der Waals surface area contributed by atoms with E-state index in [1.54, 1.807) is 6.92 Å². The highest BCUT2D eigenvalue weighted by Gasteiger charge is 2.61. The molecule has 3 aliphatic rings. The molecule has 4 rings (SSSR count). The highest BCUT2D eigenvalue weighted by Crippen LogP contribution is 2.57. The predicted octanol–water partition coefficient (Wildman–Crippen LogP) is 3.71. The molecule has 4 nitrogen and oxygen atoms in total. The molecule has 2 aliphatic heterocycles. The number of fused-ring (bicyclic) bond motifs is 4. The molecule has 0 radical (unpaired) electrons. The van der Waals surface area contributed by atoms with Gasteiger partial charge < -0.3 is 15.4 Å². The molecular weight excluding hydrogens is 362 g/mol. The molecule has 6 heteroatoms. The van der Waals surface area contributed by atoms with Crippen LogP contribution in [0.4, 0.5) is 8.78 Å². The van der Waals surface area contributed by atoms with E-state index in [4.69, 9.17) is 4.74 Å². The molecule has 1 aromatic carbocycles. The minimum Gasteiger partial charge on any atom is -0.373 e. The number of hydrogen-bond donors (Lipinski definition) is 2. The van der Waals surface area contributed by atoms with Gasteiger partial charge in [0.1, 0.15) is 11.6 Å². The fourth-order valence-corrected chi connectivity index (χ4v) is 6.30. The van der Waals surface area contributed by atoms with Crippen LogP contribution in [0.5, 0.6) is 0 Å². The van der Waals surface area contributed by atoms with Gasteiger partial charge in [0.25, 0.3) is 0 Å². The number of hydrogen-bond acceptors (Lipinski definition) is 3. The van der Waals surface area contributed by atoms with Gasteiger partial charge in [0.15, 0.2) is 0 Å². The zero-order valence-corrected chi connectivity index (χ0v) is 17.0. The highest BCUT2D eigenvalue weighted by molar-refractivity contribution is 5.74. The molecule has 2 N–H and O–H groups in total. The maximum absolute atomic E-state index is 14.7. The SMILES string of the molecule is CC(=O)N[C@]12CCO[C@@H](c3ccc(F)cc3F)[C@@H]1CC1CC2[C@@H](C)NC1(C)C. The molecular formula is C22H30F2N2O2. The third kappa shape index (κ3) is 3.05. The number of benzene rings is 1. The average Bonchev–Trinajstić information content (AvgIpc) is 2.58. The highest BCUT2D eigenvalue weighted by atomic mass is 19.1. The molecule has 2 bridgehead atoms. The van der Waals surface area contributed by atoms with E-state index >= 15 is 0 Å². The third-order valence-electron chi connectivity index (χ3n) is 7.48. The van der Waals surface area contributed by atoms with Gasteiger partial charge in [-0.1, -0.05) is 6.07 Å². The summed E-state index contributed by atoms with van der Waals surface area (Å²) in [6.07, 6.45) is 2.06. The van der Waals surface area contributed by atoms with Crippen LogP contribution in [-0.2, 0) is 9.53 Å². The normalized spacial score (nSPS) is 39.1. The Morgan fingerprint density at radius 2 is 1.96 bits per heavy atom. The van der Waals surface area contributed by atoms with Crippen molar-refractivity contribution < 1.29 is 18.3 Å². The van der Waals surface area contributed by atoms with Crippen molar-refractivity contribution in [2.75, 3.05) is 6.61 Å². The van der Waals surface area contributed by atoms with Crippen molar-refractivity contribution in [2.45, 2.75) is 70.2 Å². The Morgan fingerprint density at radius 1 is 1.25 bits per heavy atom. The summed E-state index contributed by atoms with van der Waals surface area (Å²) < 4.78 is 34.3. The standard InChI is InChI=1S/C22H30F2N2O2/c1-12-17-9-14(21(3,4)25-12)10-18-20(16-6-5-15(23)11-19(16)24)28-8-7-22(17,18)26-13(2)27/h5-6,11-12,14,17-18,20,25H,7-10H2,1-4H3,(H,26,27)/t12-,14?,17?,18+,20+,22+/m1/s1. The van der Waals surface area contributed by atoms with E-state index in [-0.39, 0.29) is 29.3 Å². The fraction of sp³-hybridized carbons (Fsp3) is 0.682. The van der Waals surface area contributed by atoms with Gasteiger partial charge in [0.2, 0.25) is 5.91 Å². The van der Waals surface area contributed by atoms with E-state index in [2.05, 4.69) is 31.4 Å². The van der Waals surface area contributed by atoms with Crippen molar-refractivity contribution in [3.63, 3.8) is 0 Å². The summed E-state index contributed by atoms with van der Waals surface area (Å²) in [7, 11) is 0. The van der Waals surface area contributed by atoms with Crippen molar-refractivity contribution in [1.29, 1.82) is 0 Å². The number of carbonyl (C=O) groups is 1. The van der Waals surface area contributed by atoms with Crippen LogP contribution in [0.3, 0.4) is 0 Å². The van der Waals surface area contributed by atoms with E-state index in [0.29, 0.717) is 24.5 Å². The number of rotatable bonds is 2. The Bertz CT molecular complexity index is 784. The van der Waals surface area contributed by atoms with Crippen LogP contribution in [0.2, 0.25) is 0 Å². The van der Waals surface area contributed by atoms with Crippen molar-refractivity contribution >= 4 is 5.91 Å². The lowest BCUT2D eigenvalue weighted by Gasteiger charge is -2.63. The first-order valence-corrected chi connectivity index (χ1v) is 10.3. The zero-order chi connectivity index (χ0) is 20.3. The molecule has 1 saturated carbocycles. The smallest absolute Gasteiger partial charge is 0.217 e. The van der Waals surface area contributed by atoms with E-state index in [1.807, 2.05) is 0 Å².